The Morgan fingerprint density at radius 1 is 1.07 bits per heavy atom. The molecule has 30 heavy (non-hydrogen) atoms. The standard InChI is InChI=1S/C22H23FN6O/c1-15(30)29-11-5-6-16(14-29)22-27-20(25-18-8-4-7-17(23)12-18)13-21(28-22)26-19-9-2-3-10-24-19/h2-4,7-10,12-13,16H,5-6,11,14H2,1H3,(H2,24,25,26,27,28). The first-order valence-electron chi connectivity index (χ1n) is 9.92. The van der Waals surface area contributed by atoms with Gasteiger partial charge in [0.05, 0.1) is 0 Å². The number of hydrogen-bond acceptors (Lipinski definition) is 6. The minimum absolute atomic E-state index is 0.0289. The molecule has 0 aliphatic carbocycles. The van der Waals surface area contributed by atoms with Crippen LogP contribution >= 0.6 is 0 Å². The fourth-order valence-corrected chi connectivity index (χ4v) is 3.53. The van der Waals surface area contributed by atoms with Gasteiger partial charge in [-0.05, 0) is 43.2 Å². The van der Waals surface area contributed by atoms with E-state index in [-0.39, 0.29) is 17.6 Å². The second kappa shape index (κ2) is 8.86. The van der Waals surface area contributed by atoms with E-state index in [9.17, 15) is 9.18 Å². The van der Waals surface area contributed by atoms with E-state index in [0.29, 0.717) is 35.5 Å². The van der Waals surface area contributed by atoms with Crippen molar-refractivity contribution in [2.75, 3.05) is 23.7 Å². The highest BCUT2D eigenvalue weighted by Gasteiger charge is 2.25. The van der Waals surface area contributed by atoms with Gasteiger partial charge in [0.2, 0.25) is 5.91 Å². The number of carbonyl (C=O) groups excluding carboxylic acids is 1. The first-order chi connectivity index (χ1) is 14.6. The van der Waals surface area contributed by atoms with Crippen molar-refractivity contribution >= 4 is 29.0 Å². The van der Waals surface area contributed by atoms with E-state index in [1.54, 1.807) is 31.3 Å². The molecule has 4 rings (SSSR count). The Bertz CT molecular complexity index is 1030. The van der Waals surface area contributed by atoms with Crippen LogP contribution in [0.15, 0.2) is 54.7 Å². The number of halogens is 1. The molecule has 0 bridgehead atoms. The number of piperidine rings is 1. The molecule has 1 amide bonds. The maximum absolute atomic E-state index is 13.6. The number of nitrogens with one attached hydrogen (secondary N) is 2. The fourth-order valence-electron chi connectivity index (χ4n) is 3.53. The molecule has 2 N–H and O–H groups in total. The number of likely N-dealkylation sites (tertiary alicyclic amines) is 1. The number of nitrogens with zero attached hydrogens (tertiary/aromatic N) is 4. The van der Waals surface area contributed by atoms with Gasteiger partial charge in [-0.2, -0.15) is 0 Å². The molecule has 1 aliphatic rings. The van der Waals surface area contributed by atoms with Crippen LogP contribution in [0.25, 0.3) is 0 Å². The van der Waals surface area contributed by atoms with E-state index in [1.165, 1.54) is 12.1 Å². The normalized spacial score (nSPS) is 16.2. The number of benzene rings is 1. The number of hydrogen-bond donors (Lipinski definition) is 2. The monoisotopic (exact) mass is 406 g/mol. The summed E-state index contributed by atoms with van der Waals surface area (Å²) in [6.07, 6.45) is 3.50. The summed E-state index contributed by atoms with van der Waals surface area (Å²) in [6.45, 7) is 2.92. The molecule has 154 valence electrons. The second-order valence-corrected chi connectivity index (χ2v) is 7.28. The van der Waals surface area contributed by atoms with Crippen molar-refractivity contribution in [3.8, 4) is 0 Å². The van der Waals surface area contributed by atoms with E-state index in [4.69, 9.17) is 4.98 Å². The van der Waals surface area contributed by atoms with Crippen molar-refractivity contribution in [1.29, 1.82) is 0 Å². The minimum Gasteiger partial charge on any atom is -0.342 e. The summed E-state index contributed by atoms with van der Waals surface area (Å²) < 4.78 is 13.6. The topological polar surface area (TPSA) is 83.0 Å². The van der Waals surface area contributed by atoms with Crippen molar-refractivity contribution in [3.63, 3.8) is 0 Å². The Labute approximate surface area is 174 Å². The molecule has 1 fully saturated rings. The predicted molar refractivity (Wildman–Crippen MR) is 113 cm³/mol. The molecule has 3 heterocycles. The van der Waals surface area contributed by atoms with Gasteiger partial charge in [0.1, 0.15) is 29.1 Å². The number of anilines is 4. The highest BCUT2D eigenvalue weighted by molar-refractivity contribution is 5.73. The average Bonchev–Trinajstić information content (AvgIpc) is 2.74. The van der Waals surface area contributed by atoms with Crippen LogP contribution in [-0.2, 0) is 4.79 Å². The lowest BCUT2D eigenvalue weighted by molar-refractivity contribution is -0.130. The molecule has 7 nitrogen and oxygen atoms in total. The Balaban J connectivity index is 1.65. The summed E-state index contributed by atoms with van der Waals surface area (Å²) in [7, 11) is 0. The maximum Gasteiger partial charge on any atom is 0.219 e. The van der Waals surface area contributed by atoms with Gasteiger partial charge in [0.25, 0.3) is 0 Å². The van der Waals surface area contributed by atoms with Gasteiger partial charge in [-0.25, -0.2) is 19.3 Å². The quantitative estimate of drug-likeness (QED) is 0.660. The van der Waals surface area contributed by atoms with Gasteiger partial charge in [-0.3, -0.25) is 4.79 Å². The molecular formula is C22H23FN6O. The maximum atomic E-state index is 13.6. The summed E-state index contributed by atoms with van der Waals surface area (Å²) in [6, 6.07) is 13.5. The van der Waals surface area contributed by atoms with Crippen molar-refractivity contribution in [2.45, 2.75) is 25.7 Å². The second-order valence-electron chi connectivity index (χ2n) is 7.28. The average molecular weight is 406 g/mol. The molecule has 0 spiro atoms. The van der Waals surface area contributed by atoms with Gasteiger partial charge in [0.15, 0.2) is 0 Å². The van der Waals surface area contributed by atoms with E-state index in [2.05, 4.69) is 20.6 Å². The molecule has 1 unspecified atom stereocenters. The van der Waals surface area contributed by atoms with Crippen molar-refractivity contribution in [2.24, 2.45) is 0 Å². The number of aromatic nitrogens is 3. The lowest BCUT2D eigenvalue weighted by atomic mass is 9.97. The van der Waals surface area contributed by atoms with Crippen LogP contribution in [-0.4, -0.2) is 38.8 Å². The summed E-state index contributed by atoms with van der Waals surface area (Å²) >= 11 is 0. The van der Waals surface area contributed by atoms with Crippen LogP contribution in [0.2, 0.25) is 0 Å². The van der Waals surface area contributed by atoms with Gasteiger partial charge in [-0.15, -0.1) is 0 Å². The van der Waals surface area contributed by atoms with Crippen LogP contribution in [0.1, 0.15) is 31.5 Å². The molecule has 1 aromatic carbocycles. The summed E-state index contributed by atoms with van der Waals surface area (Å²) in [5.41, 5.74) is 0.595. The van der Waals surface area contributed by atoms with Crippen LogP contribution in [0.4, 0.5) is 27.5 Å². The van der Waals surface area contributed by atoms with Gasteiger partial charge in [-0.1, -0.05) is 12.1 Å². The van der Waals surface area contributed by atoms with Gasteiger partial charge in [0, 0.05) is 43.9 Å². The Morgan fingerprint density at radius 3 is 2.63 bits per heavy atom. The van der Waals surface area contributed by atoms with E-state index < -0.39 is 0 Å². The molecule has 8 heteroatoms. The lowest BCUT2D eigenvalue weighted by Crippen LogP contribution is -2.38. The summed E-state index contributed by atoms with van der Waals surface area (Å²) in [5.74, 6) is 2.18. The zero-order valence-electron chi connectivity index (χ0n) is 16.7. The highest BCUT2D eigenvalue weighted by atomic mass is 19.1. The zero-order valence-corrected chi connectivity index (χ0v) is 16.7. The van der Waals surface area contributed by atoms with Crippen LogP contribution in [0.5, 0.6) is 0 Å². The third kappa shape index (κ3) is 4.89. The number of amides is 1. The van der Waals surface area contributed by atoms with Crippen molar-refractivity contribution in [3.05, 3.63) is 66.4 Å². The number of rotatable bonds is 5. The van der Waals surface area contributed by atoms with E-state index in [0.717, 1.165) is 19.4 Å². The molecule has 1 atom stereocenters. The van der Waals surface area contributed by atoms with Gasteiger partial charge < -0.3 is 15.5 Å². The number of carbonyl (C=O) groups is 1. The van der Waals surface area contributed by atoms with Crippen LogP contribution in [0, 0.1) is 5.82 Å². The molecule has 0 saturated carbocycles. The zero-order chi connectivity index (χ0) is 20.9. The molecule has 1 aliphatic heterocycles. The third-order valence-corrected chi connectivity index (χ3v) is 4.99. The molecule has 0 radical (unpaired) electrons. The lowest BCUT2D eigenvalue weighted by Gasteiger charge is -2.31. The SMILES string of the molecule is CC(=O)N1CCCC(c2nc(Nc3cccc(F)c3)cc(Nc3ccccn3)n2)C1. The van der Waals surface area contributed by atoms with E-state index >= 15 is 0 Å². The third-order valence-electron chi connectivity index (χ3n) is 4.99. The largest absolute Gasteiger partial charge is 0.342 e. The van der Waals surface area contributed by atoms with Crippen molar-refractivity contribution < 1.29 is 9.18 Å². The molecule has 2 aromatic heterocycles. The molecule has 3 aromatic rings. The smallest absolute Gasteiger partial charge is 0.219 e. The Hall–Kier alpha value is -3.55. The number of pyridine rings is 1. The first-order valence-corrected chi connectivity index (χ1v) is 9.92. The Morgan fingerprint density at radius 2 is 1.90 bits per heavy atom. The first kappa shape index (κ1) is 19.8. The summed E-state index contributed by atoms with van der Waals surface area (Å²) in [5, 5.41) is 6.35. The predicted octanol–water partition coefficient (Wildman–Crippen LogP) is 4.22. The minimum atomic E-state index is -0.328. The van der Waals surface area contributed by atoms with Crippen molar-refractivity contribution in [1.82, 2.24) is 19.9 Å². The fraction of sp³-hybridized carbons (Fsp3) is 0.273. The highest BCUT2D eigenvalue weighted by Crippen LogP contribution is 2.28. The van der Waals surface area contributed by atoms with E-state index in [1.807, 2.05) is 23.1 Å². The van der Waals surface area contributed by atoms with Crippen LogP contribution in [0.3, 0.4) is 0 Å². The van der Waals surface area contributed by atoms with Crippen LogP contribution < -0.4 is 10.6 Å². The molecule has 1 saturated heterocycles. The van der Waals surface area contributed by atoms with Gasteiger partial charge >= 0.3 is 0 Å². The summed E-state index contributed by atoms with van der Waals surface area (Å²) in [4.78, 5) is 27.3. The Kier molecular flexibility index (Phi) is 5.83. The molecular weight excluding hydrogens is 383 g/mol.